The molecule has 0 saturated heterocycles. The fraction of sp³-hybridized carbons (Fsp3) is 0.600. The zero-order valence-electron chi connectivity index (χ0n) is 12.8. The molecular weight excluding hydrogens is 308 g/mol. The van der Waals surface area contributed by atoms with Gasteiger partial charge in [0.1, 0.15) is 0 Å². The van der Waals surface area contributed by atoms with Gasteiger partial charge in [0.05, 0.1) is 15.6 Å². The lowest BCUT2D eigenvalue weighted by molar-refractivity contribution is 0.213. The van der Waals surface area contributed by atoms with Gasteiger partial charge in [-0.05, 0) is 43.4 Å². The number of aryl methyl sites for hydroxylation is 1. The van der Waals surface area contributed by atoms with Crippen LogP contribution in [0.4, 0.5) is 5.69 Å². The first-order valence-corrected chi connectivity index (χ1v) is 9.10. The predicted octanol–water partition coefficient (Wildman–Crippen LogP) is 3.43. The second kappa shape index (κ2) is 6.15. The van der Waals surface area contributed by atoms with E-state index >= 15 is 0 Å². The Morgan fingerprint density at radius 1 is 1.29 bits per heavy atom. The number of nitrogens with two attached hydrogens (primary N) is 1. The average molecular weight is 331 g/mol. The van der Waals surface area contributed by atoms with Crippen molar-refractivity contribution in [2.24, 2.45) is 5.92 Å². The Bertz CT molecular complexity index is 631. The van der Waals surface area contributed by atoms with Crippen LogP contribution in [0.15, 0.2) is 17.0 Å². The molecule has 0 amide bonds. The summed E-state index contributed by atoms with van der Waals surface area (Å²) in [5.74, 6) is 0.378. The molecule has 1 aliphatic rings. The summed E-state index contributed by atoms with van der Waals surface area (Å²) in [6.07, 6.45) is 4.25. The van der Waals surface area contributed by atoms with Crippen LogP contribution in [-0.2, 0) is 10.0 Å². The number of halogens is 1. The largest absolute Gasteiger partial charge is 0.397 e. The Labute approximate surface area is 132 Å². The SMILES string of the molecule is Cc1cc(Cl)c(N)cc1S(=O)(=O)N(C)C1CCCCC1C. The zero-order chi connectivity index (χ0) is 15.8. The molecule has 4 nitrogen and oxygen atoms in total. The lowest BCUT2D eigenvalue weighted by Crippen LogP contribution is -2.42. The molecule has 21 heavy (non-hydrogen) atoms. The van der Waals surface area contributed by atoms with Crippen molar-refractivity contribution in [3.05, 3.63) is 22.7 Å². The Balaban J connectivity index is 2.39. The summed E-state index contributed by atoms with van der Waals surface area (Å²) >= 11 is 5.95. The van der Waals surface area contributed by atoms with Crippen molar-refractivity contribution >= 4 is 27.3 Å². The number of nitrogen functional groups attached to an aromatic ring is 1. The highest BCUT2D eigenvalue weighted by atomic mass is 35.5. The number of benzene rings is 1. The van der Waals surface area contributed by atoms with E-state index in [1.807, 2.05) is 0 Å². The second-order valence-corrected chi connectivity index (χ2v) is 8.36. The number of rotatable bonds is 3. The van der Waals surface area contributed by atoms with E-state index in [0.717, 1.165) is 19.3 Å². The topological polar surface area (TPSA) is 63.4 Å². The fourth-order valence-electron chi connectivity index (χ4n) is 3.12. The molecule has 1 aliphatic carbocycles. The maximum atomic E-state index is 12.9. The molecule has 2 N–H and O–H groups in total. The van der Waals surface area contributed by atoms with Crippen LogP contribution in [0.3, 0.4) is 0 Å². The molecule has 118 valence electrons. The Morgan fingerprint density at radius 3 is 2.52 bits per heavy atom. The zero-order valence-corrected chi connectivity index (χ0v) is 14.3. The molecule has 2 rings (SSSR count). The Kier molecular flexibility index (Phi) is 4.85. The van der Waals surface area contributed by atoms with E-state index in [1.54, 1.807) is 20.0 Å². The van der Waals surface area contributed by atoms with E-state index in [4.69, 9.17) is 17.3 Å². The molecule has 0 spiro atoms. The van der Waals surface area contributed by atoms with E-state index in [2.05, 4.69) is 6.92 Å². The summed E-state index contributed by atoms with van der Waals surface area (Å²) in [6, 6.07) is 3.14. The molecule has 6 heteroatoms. The van der Waals surface area contributed by atoms with Crippen LogP contribution in [0.5, 0.6) is 0 Å². The average Bonchev–Trinajstić information content (AvgIpc) is 2.42. The minimum atomic E-state index is -3.55. The Hall–Kier alpha value is -0.780. The molecule has 1 aromatic carbocycles. The molecular formula is C15H23ClN2O2S. The summed E-state index contributed by atoms with van der Waals surface area (Å²) in [4.78, 5) is 0.254. The first-order chi connectivity index (χ1) is 9.75. The van der Waals surface area contributed by atoms with Crippen LogP contribution in [0.25, 0.3) is 0 Å². The minimum Gasteiger partial charge on any atom is -0.397 e. The molecule has 1 fully saturated rings. The highest BCUT2D eigenvalue weighted by molar-refractivity contribution is 7.89. The molecule has 0 aromatic heterocycles. The van der Waals surface area contributed by atoms with Crippen molar-refractivity contribution in [2.75, 3.05) is 12.8 Å². The summed E-state index contributed by atoms with van der Waals surface area (Å²) in [6.45, 7) is 3.87. The second-order valence-electron chi connectivity index (χ2n) is 5.99. The van der Waals surface area contributed by atoms with E-state index < -0.39 is 10.0 Å². The van der Waals surface area contributed by atoms with Gasteiger partial charge in [0.25, 0.3) is 0 Å². The van der Waals surface area contributed by atoms with Gasteiger partial charge in [0.2, 0.25) is 10.0 Å². The molecule has 1 saturated carbocycles. The summed E-state index contributed by atoms with van der Waals surface area (Å²) < 4.78 is 27.3. The number of hydrogen-bond acceptors (Lipinski definition) is 3. The maximum absolute atomic E-state index is 12.9. The van der Waals surface area contributed by atoms with Crippen molar-refractivity contribution < 1.29 is 8.42 Å². The number of anilines is 1. The van der Waals surface area contributed by atoms with Gasteiger partial charge in [0.15, 0.2) is 0 Å². The highest BCUT2D eigenvalue weighted by Crippen LogP contribution is 2.33. The molecule has 0 aliphatic heterocycles. The van der Waals surface area contributed by atoms with Crippen LogP contribution in [0.2, 0.25) is 5.02 Å². The number of sulfonamides is 1. The van der Waals surface area contributed by atoms with Gasteiger partial charge >= 0.3 is 0 Å². The maximum Gasteiger partial charge on any atom is 0.243 e. The van der Waals surface area contributed by atoms with Crippen LogP contribution < -0.4 is 5.73 Å². The molecule has 2 atom stereocenters. The predicted molar refractivity (Wildman–Crippen MR) is 87.0 cm³/mol. The molecule has 0 bridgehead atoms. The van der Waals surface area contributed by atoms with E-state index in [9.17, 15) is 8.42 Å². The van der Waals surface area contributed by atoms with Gasteiger partial charge < -0.3 is 5.73 Å². The van der Waals surface area contributed by atoms with Gasteiger partial charge in [-0.2, -0.15) is 4.31 Å². The molecule has 2 unspecified atom stereocenters. The van der Waals surface area contributed by atoms with Gasteiger partial charge in [0, 0.05) is 13.1 Å². The molecule has 0 radical (unpaired) electrons. The van der Waals surface area contributed by atoms with Gasteiger partial charge in [-0.3, -0.25) is 0 Å². The van der Waals surface area contributed by atoms with E-state index in [-0.39, 0.29) is 10.9 Å². The quantitative estimate of drug-likeness (QED) is 0.863. The van der Waals surface area contributed by atoms with Crippen molar-refractivity contribution in [2.45, 2.75) is 50.5 Å². The minimum absolute atomic E-state index is 0.0556. The van der Waals surface area contributed by atoms with Gasteiger partial charge in [-0.25, -0.2) is 8.42 Å². The van der Waals surface area contributed by atoms with Crippen LogP contribution in [0.1, 0.15) is 38.2 Å². The van der Waals surface area contributed by atoms with Crippen molar-refractivity contribution in [1.29, 1.82) is 0 Å². The third-order valence-electron chi connectivity index (χ3n) is 4.48. The summed E-state index contributed by atoms with van der Waals surface area (Å²) in [5, 5.41) is 0.389. The van der Waals surface area contributed by atoms with Gasteiger partial charge in [-0.15, -0.1) is 0 Å². The van der Waals surface area contributed by atoms with Crippen LogP contribution in [0, 0.1) is 12.8 Å². The lowest BCUT2D eigenvalue weighted by atomic mass is 9.86. The first kappa shape index (κ1) is 16.6. The van der Waals surface area contributed by atoms with Crippen molar-refractivity contribution in [3.8, 4) is 0 Å². The third-order valence-corrected chi connectivity index (χ3v) is 6.84. The monoisotopic (exact) mass is 330 g/mol. The van der Waals surface area contributed by atoms with E-state index in [1.165, 1.54) is 16.8 Å². The highest BCUT2D eigenvalue weighted by Gasteiger charge is 2.33. The normalized spacial score (nSPS) is 23.5. The third kappa shape index (κ3) is 3.20. The molecule has 1 aromatic rings. The smallest absolute Gasteiger partial charge is 0.243 e. The first-order valence-electron chi connectivity index (χ1n) is 7.28. The van der Waals surface area contributed by atoms with Crippen molar-refractivity contribution in [1.82, 2.24) is 4.31 Å². The number of hydrogen-bond donors (Lipinski definition) is 1. The van der Waals surface area contributed by atoms with Gasteiger partial charge in [-0.1, -0.05) is 31.4 Å². The summed E-state index contributed by atoms with van der Waals surface area (Å²) in [7, 11) is -1.87. The number of nitrogens with zero attached hydrogens (tertiary/aromatic N) is 1. The van der Waals surface area contributed by atoms with Crippen LogP contribution >= 0.6 is 11.6 Å². The standard InChI is InChI=1S/C15H23ClN2O2S/c1-10-6-4-5-7-14(10)18(3)21(19,20)15-9-13(17)12(16)8-11(15)2/h8-10,14H,4-7,17H2,1-3H3. The lowest BCUT2D eigenvalue weighted by Gasteiger charge is -2.35. The summed E-state index contributed by atoms with van der Waals surface area (Å²) in [5.41, 5.74) is 6.70. The fourth-order valence-corrected chi connectivity index (χ4v) is 5.06. The molecule has 0 heterocycles. The van der Waals surface area contributed by atoms with E-state index in [0.29, 0.717) is 22.2 Å². The van der Waals surface area contributed by atoms with Crippen LogP contribution in [-0.4, -0.2) is 25.8 Å². The van der Waals surface area contributed by atoms with Crippen molar-refractivity contribution in [3.63, 3.8) is 0 Å². The Morgan fingerprint density at radius 2 is 1.90 bits per heavy atom.